The minimum Gasteiger partial charge on any atom is -0.494 e. The SMILES string of the molecule is CCCCCCCCCCOc1ccc(CCc2ccc3nc(N)nc(N)c3c2)cc1. The second kappa shape index (κ2) is 12.1. The van der Waals surface area contributed by atoms with Crippen molar-refractivity contribution >= 4 is 22.7 Å². The molecule has 4 N–H and O–H groups in total. The van der Waals surface area contributed by atoms with Crippen LogP contribution < -0.4 is 16.2 Å². The molecule has 0 spiro atoms. The number of hydrogen-bond acceptors (Lipinski definition) is 5. The molecule has 166 valence electrons. The summed E-state index contributed by atoms with van der Waals surface area (Å²) >= 11 is 0. The van der Waals surface area contributed by atoms with Crippen molar-refractivity contribution in [1.82, 2.24) is 9.97 Å². The third-order valence-electron chi connectivity index (χ3n) is 5.70. The highest BCUT2D eigenvalue weighted by atomic mass is 16.5. The predicted molar refractivity (Wildman–Crippen MR) is 130 cm³/mol. The highest BCUT2D eigenvalue weighted by Gasteiger charge is 2.05. The smallest absolute Gasteiger partial charge is 0.222 e. The summed E-state index contributed by atoms with van der Waals surface area (Å²) in [6.45, 7) is 3.07. The lowest BCUT2D eigenvalue weighted by molar-refractivity contribution is 0.304. The number of hydrogen-bond donors (Lipinski definition) is 2. The third-order valence-corrected chi connectivity index (χ3v) is 5.70. The molecule has 3 aromatic rings. The van der Waals surface area contributed by atoms with Crippen LogP contribution in [0.4, 0.5) is 11.8 Å². The number of rotatable bonds is 13. The lowest BCUT2D eigenvalue weighted by Crippen LogP contribution is -2.01. The van der Waals surface area contributed by atoms with Gasteiger partial charge in [0, 0.05) is 5.39 Å². The van der Waals surface area contributed by atoms with Crippen molar-refractivity contribution in [2.24, 2.45) is 0 Å². The van der Waals surface area contributed by atoms with Gasteiger partial charge >= 0.3 is 0 Å². The highest BCUT2D eigenvalue weighted by molar-refractivity contribution is 5.89. The molecule has 0 unspecified atom stereocenters. The zero-order valence-corrected chi connectivity index (χ0v) is 18.8. The number of aromatic nitrogens is 2. The molecule has 0 aliphatic heterocycles. The first kappa shape index (κ1) is 22.9. The molecule has 5 heteroatoms. The molecule has 0 saturated carbocycles. The van der Waals surface area contributed by atoms with E-state index in [-0.39, 0.29) is 5.95 Å². The van der Waals surface area contributed by atoms with Crippen molar-refractivity contribution in [2.45, 2.75) is 71.1 Å². The summed E-state index contributed by atoms with van der Waals surface area (Å²) < 4.78 is 5.90. The van der Waals surface area contributed by atoms with Crippen LogP contribution in [0.25, 0.3) is 10.9 Å². The van der Waals surface area contributed by atoms with Gasteiger partial charge in [0.25, 0.3) is 0 Å². The maximum absolute atomic E-state index is 6.00. The van der Waals surface area contributed by atoms with E-state index in [9.17, 15) is 0 Å². The molecule has 0 amide bonds. The fourth-order valence-electron chi connectivity index (χ4n) is 3.84. The Labute approximate surface area is 186 Å². The Morgan fingerprint density at radius 1 is 0.742 bits per heavy atom. The van der Waals surface area contributed by atoms with Gasteiger partial charge in [0.05, 0.1) is 12.1 Å². The number of aryl methyl sites for hydroxylation is 2. The van der Waals surface area contributed by atoms with Gasteiger partial charge in [-0.25, -0.2) is 4.98 Å². The molecular formula is C26H36N4O. The number of anilines is 2. The van der Waals surface area contributed by atoms with Gasteiger partial charge < -0.3 is 16.2 Å². The summed E-state index contributed by atoms with van der Waals surface area (Å²) in [7, 11) is 0. The van der Waals surface area contributed by atoms with Crippen LogP contribution in [0, 0.1) is 0 Å². The fraction of sp³-hybridized carbons (Fsp3) is 0.462. The first-order valence-electron chi connectivity index (χ1n) is 11.7. The van der Waals surface area contributed by atoms with Gasteiger partial charge in [0.2, 0.25) is 5.95 Å². The highest BCUT2D eigenvalue weighted by Crippen LogP contribution is 2.21. The van der Waals surface area contributed by atoms with Crippen molar-refractivity contribution in [3.63, 3.8) is 0 Å². The van der Waals surface area contributed by atoms with Crippen LogP contribution in [-0.4, -0.2) is 16.6 Å². The number of fused-ring (bicyclic) bond motifs is 1. The van der Waals surface area contributed by atoms with Crippen molar-refractivity contribution in [1.29, 1.82) is 0 Å². The van der Waals surface area contributed by atoms with E-state index in [0.717, 1.165) is 42.5 Å². The zero-order chi connectivity index (χ0) is 21.9. The molecular weight excluding hydrogens is 384 g/mol. The topological polar surface area (TPSA) is 87.0 Å². The third kappa shape index (κ3) is 7.42. The number of nitrogen functional groups attached to an aromatic ring is 2. The minimum absolute atomic E-state index is 0.211. The Kier molecular flexibility index (Phi) is 8.95. The van der Waals surface area contributed by atoms with E-state index in [1.165, 1.54) is 56.1 Å². The Hall–Kier alpha value is -2.82. The summed E-state index contributed by atoms with van der Waals surface area (Å²) in [5, 5.41) is 0.858. The van der Waals surface area contributed by atoms with Crippen LogP contribution in [0.5, 0.6) is 5.75 Å². The van der Waals surface area contributed by atoms with Gasteiger partial charge in [-0.15, -0.1) is 0 Å². The maximum Gasteiger partial charge on any atom is 0.222 e. The van der Waals surface area contributed by atoms with E-state index >= 15 is 0 Å². The van der Waals surface area contributed by atoms with Gasteiger partial charge in [-0.2, -0.15) is 4.98 Å². The quantitative estimate of drug-likeness (QED) is 0.326. The molecule has 3 rings (SSSR count). The summed E-state index contributed by atoms with van der Waals surface area (Å²) in [5.41, 5.74) is 15.0. The first-order valence-corrected chi connectivity index (χ1v) is 11.7. The second-order valence-corrected chi connectivity index (χ2v) is 8.29. The van der Waals surface area contributed by atoms with Gasteiger partial charge in [0.1, 0.15) is 11.6 Å². The lowest BCUT2D eigenvalue weighted by Gasteiger charge is -2.08. The second-order valence-electron chi connectivity index (χ2n) is 8.29. The molecule has 0 saturated heterocycles. The van der Waals surface area contributed by atoms with Gasteiger partial charge in [-0.3, -0.25) is 0 Å². The molecule has 1 aromatic heterocycles. The van der Waals surface area contributed by atoms with Crippen LogP contribution in [0.15, 0.2) is 42.5 Å². The number of benzene rings is 2. The molecule has 0 atom stereocenters. The van der Waals surface area contributed by atoms with Crippen LogP contribution in [0.2, 0.25) is 0 Å². The lowest BCUT2D eigenvalue weighted by atomic mass is 10.0. The Balaban J connectivity index is 1.38. The summed E-state index contributed by atoms with van der Waals surface area (Å²) in [4.78, 5) is 8.29. The number of nitrogens with two attached hydrogens (primary N) is 2. The van der Waals surface area contributed by atoms with E-state index in [2.05, 4.69) is 53.3 Å². The predicted octanol–water partition coefficient (Wildman–Crippen LogP) is 6.10. The van der Waals surface area contributed by atoms with Gasteiger partial charge in [-0.05, 0) is 54.7 Å². The first-order chi connectivity index (χ1) is 15.2. The normalized spacial score (nSPS) is 11.1. The van der Waals surface area contributed by atoms with Crippen LogP contribution in [-0.2, 0) is 12.8 Å². The summed E-state index contributed by atoms with van der Waals surface area (Å²) in [6, 6.07) is 14.6. The summed E-state index contributed by atoms with van der Waals surface area (Å²) in [5.74, 6) is 1.60. The van der Waals surface area contributed by atoms with Crippen molar-refractivity contribution in [3.05, 3.63) is 53.6 Å². The molecule has 0 aliphatic carbocycles. The van der Waals surface area contributed by atoms with E-state index in [1.807, 2.05) is 6.07 Å². The van der Waals surface area contributed by atoms with E-state index in [1.54, 1.807) is 0 Å². The van der Waals surface area contributed by atoms with E-state index in [4.69, 9.17) is 16.2 Å². The molecule has 31 heavy (non-hydrogen) atoms. The van der Waals surface area contributed by atoms with Crippen molar-refractivity contribution < 1.29 is 4.74 Å². The van der Waals surface area contributed by atoms with Crippen LogP contribution >= 0.6 is 0 Å². The van der Waals surface area contributed by atoms with Crippen LogP contribution in [0.1, 0.15) is 69.4 Å². The van der Waals surface area contributed by atoms with E-state index in [0.29, 0.717) is 5.82 Å². The Morgan fingerprint density at radius 2 is 1.39 bits per heavy atom. The average molecular weight is 421 g/mol. The number of nitrogens with zero attached hydrogens (tertiary/aromatic N) is 2. The van der Waals surface area contributed by atoms with E-state index < -0.39 is 0 Å². The molecule has 0 bridgehead atoms. The minimum atomic E-state index is 0.211. The molecule has 2 aromatic carbocycles. The van der Waals surface area contributed by atoms with Gasteiger partial charge in [0.15, 0.2) is 0 Å². The number of ether oxygens (including phenoxy) is 1. The standard InChI is InChI=1S/C26H36N4O/c1-2-3-4-5-6-7-8-9-18-31-22-15-12-20(13-16-22)10-11-21-14-17-24-23(19-21)25(27)30-26(28)29-24/h12-17,19H,2-11,18H2,1H3,(H4,27,28,29,30). The molecule has 1 heterocycles. The molecule has 0 fully saturated rings. The molecule has 5 nitrogen and oxygen atoms in total. The Morgan fingerprint density at radius 3 is 2.13 bits per heavy atom. The average Bonchev–Trinajstić information content (AvgIpc) is 2.77. The number of unbranched alkanes of at least 4 members (excludes halogenated alkanes) is 7. The monoisotopic (exact) mass is 420 g/mol. The molecule has 0 radical (unpaired) electrons. The maximum atomic E-state index is 6.00. The summed E-state index contributed by atoms with van der Waals surface area (Å²) in [6.07, 6.45) is 12.4. The molecule has 0 aliphatic rings. The zero-order valence-electron chi connectivity index (χ0n) is 18.8. The fourth-order valence-corrected chi connectivity index (χ4v) is 3.84. The van der Waals surface area contributed by atoms with Crippen molar-refractivity contribution in [2.75, 3.05) is 18.1 Å². The van der Waals surface area contributed by atoms with Gasteiger partial charge in [-0.1, -0.05) is 70.1 Å². The largest absolute Gasteiger partial charge is 0.494 e. The van der Waals surface area contributed by atoms with Crippen LogP contribution in [0.3, 0.4) is 0 Å². The van der Waals surface area contributed by atoms with Crippen molar-refractivity contribution in [3.8, 4) is 5.75 Å². The Bertz CT molecular complexity index is 940.